The molecular weight excluding hydrogens is 235 g/mol. The van der Waals surface area contributed by atoms with Gasteiger partial charge in [-0.2, -0.15) is 8.42 Å². The molecule has 0 atom stereocenters. The van der Waals surface area contributed by atoms with Gasteiger partial charge in [-0.1, -0.05) is 17.7 Å². The Morgan fingerprint density at radius 1 is 1.13 bits per heavy atom. The van der Waals surface area contributed by atoms with Crippen molar-refractivity contribution < 1.29 is 17.5 Å². The van der Waals surface area contributed by atoms with Gasteiger partial charge in [0, 0.05) is 0 Å². The number of benzene rings is 1. The Hall–Kier alpha value is -0.640. The predicted molar refractivity (Wildman–Crippen MR) is 61.8 cm³/mol. The summed E-state index contributed by atoms with van der Waals surface area (Å²) >= 11 is 0. The zero-order valence-electron chi connectivity index (χ0n) is 8.89. The van der Waals surface area contributed by atoms with Crippen LogP contribution in [0.25, 0.3) is 0 Å². The molecule has 0 amide bonds. The van der Waals surface area contributed by atoms with Crippen LogP contribution in [0.2, 0.25) is 0 Å². The van der Waals surface area contributed by atoms with E-state index in [4.69, 9.17) is 4.55 Å². The Morgan fingerprint density at radius 3 is 1.73 bits per heavy atom. The molecule has 0 fully saturated rings. The van der Waals surface area contributed by atoms with Gasteiger partial charge >= 0.3 is 0 Å². The van der Waals surface area contributed by atoms with Crippen LogP contribution in [0.4, 0.5) is 0 Å². The second-order valence-corrected chi connectivity index (χ2v) is 6.43. The monoisotopic (exact) mass is 250 g/mol. The molecule has 0 spiro atoms. The SMILES string of the molecule is C[PH](C)=O.Cc1ccc(S(=O)(=O)O)cc1. The zero-order chi connectivity index (χ0) is 12.1. The molecule has 0 saturated carbocycles. The van der Waals surface area contributed by atoms with E-state index in [1.54, 1.807) is 25.5 Å². The van der Waals surface area contributed by atoms with E-state index in [0.29, 0.717) is 0 Å². The van der Waals surface area contributed by atoms with Crippen LogP contribution in [0.15, 0.2) is 29.2 Å². The summed E-state index contributed by atoms with van der Waals surface area (Å²) in [6, 6.07) is 5.99. The Bertz CT molecular complexity index is 418. The summed E-state index contributed by atoms with van der Waals surface area (Å²) in [7, 11) is -5.15. The lowest BCUT2D eigenvalue weighted by molar-refractivity contribution is 0.483. The summed E-state index contributed by atoms with van der Waals surface area (Å²) in [4.78, 5) is -0.0666. The third kappa shape index (κ3) is 7.31. The maximum Gasteiger partial charge on any atom is 0.294 e. The first-order valence-electron chi connectivity index (χ1n) is 4.25. The maximum atomic E-state index is 10.5. The van der Waals surface area contributed by atoms with Crippen LogP contribution in [0.3, 0.4) is 0 Å². The van der Waals surface area contributed by atoms with E-state index in [0.717, 1.165) is 5.56 Å². The Balaban J connectivity index is 0.000000423. The highest BCUT2D eigenvalue weighted by Crippen LogP contribution is 2.08. The average molecular weight is 250 g/mol. The zero-order valence-corrected chi connectivity index (χ0v) is 10.7. The van der Waals surface area contributed by atoms with Crippen molar-refractivity contribution >= 4 is 17.9 Å². The molecule has 1 aromatic carbocycles. The van der Waals surface area contributed by atoms with Crippen molar-refractivity contribution in [3.05, 3.63) is 29.8 Å². The second kappa shape index (κ2) is 6.05. The lowest BCUT2D eigenvalue weighted by Gasteiger charge is -1.95. The molecule has 0 aliphatic heterocycles. The summed E-state index contributed by atoms with van der Waals surface area (Å²) in [5, 5.41) is 0. The van der Waals surface area contributed by atoms with Crippen molar-refractivity contribution in [1.82, 2.24) is 0 Å². The fourth-order valence-corrected chi connectivity index (χ4v) is 1.19. The first-order chi connectivity index (χ1) is 6.73. The third-order valence-corrected chi connectivity index (χ3v) is 2.19. The van der Waals surface area contributed by atoms with Crippen molar-refractivity contribution in [2.75, 3.05) is 13.3 Å². The van der Waals surface area contributed by atoms with Crippen molar-refractivity contribution in [3.63, 3.8) is 0 Å². The van der Waals surface area contributed by atoms with E-state index in [-0.39, 0.29) is 4.90 Å². The van der Waals surface area contributed by atoms with Crippen LogP contribution >= 0.6 is 7.80 Å². The molecule has 0 unspecified atom stereocenters. The quantitative estimate of drug-likeness (QED) is 0.611. The molecule has 1 N–H and O–H groups in total. The number of hydrogen-bond acceptors (Lipinski definition) is 3. The van der Waals surface area contributed by atoms with Crippen molar-refractivity contribution in [2.45, 2.75) is 11.8 Å². The largest absolute Gasteiger partial charge is 0.327 e. The minimum atomic E-state index is -4.02. The van der Waals surface area contributed by atoms with Gasteiger partial charge in [0.25, 0.3) is 10.1 Å². The van der Waals surface area contributed by atoms with Crippen LogP contribution in [0, 0.1) is 6.92 Å². The fourth-order valence-electron chi connectivity index (χ4n) is 0.710. The van der Waals surface area contributed by atoms with Gasteiger partial charge in [-0.15, -0.1) is 0 Å². The number of hydrogen-bond donors (Lipinski definition) is 1. The first-order valence-corrected chi connectivity index (χ1v) is 8.09. The number of aryl methyl sites for hydroxylation is 1. The highest BCUT2D eigenvalue weighted by atomic mass is 32.2. The molecule has 0 saturated heterocycles. The molecule has 86 valence electrons. The normalized spacial score (nSPS) is 10.7. The van der Waals surface area contributed by atoms with Crippen molar-refractivity contribution in [3.8, 4) is 0 Å². The smallest absolute Gasteiger partial charge is 0.294 e. The Kier molecular flexibility index (Phi) is 5.80. The standard InChI is InChI=1S/C7H8O3S.C2H7OP/c1-6-2-4-7(5-3-6)11(8,9)10;1-4(2)3/h2-5H,1H3,(H,8,9,10);4H,1-2H3. The van der Waals surface area contributed by atoms with Crippen LogP contribution in [0.1, 0.15) is 5.56 Å². The molecule has 4 nitrogen and oxygen atoms in total. The van der Waals surface area contributed by atoms with Gasteiger partial charge in [0.2, 0.25) is 0 Å². The topological polar surface area (TPSA) is 71.4 Å². The van der Waals surface area contributed by atoms with Gasteiger partial charge in [0.15, 0.2) is 0 Å². The summed E-state index contributed by atoms with van der Waals surface area (Å²) < 4.78 is 39.2. The Morgan fingerprint density at radius 2 is 1.47 bits per heavy atom. The molecule has 15 heavy (non-hydrogen) atoms. The lowest BCUT2D eigenvalue weighted by atomic mass is 10.2. The van der Waals surface area contributed by atoms with Gasteiger partial charge in [-0.3, -0.25) is 4.55 Å². The van der Waals surface area contributed by atoms with E-state index < -0.39 is 17.9 Å². The summed E-state index contributed by atoms with van der Waals surface area (Å²) in [6.07, 6.45) is 0. The molecule has 0 aliphatic rings. The molecular formula is C9H15O4PS. The molecule has 1 aromatic rings. The summed E-state index contributed by atoms with van der Waals surface area (Å²) in [5.74, 6) is 0. The maximum absolute atomic E-state index is 10.5. The lowest BCUT2D eigenvalue weighted by Crippen LogP contribution is -1.96. The van der Waals surface area contributed by atoms with Crippen LogP contribution in [0.5, 0.6) is 0 Å². The second-order valence-electron chi connectivity index (χ2n) is 3.20. The number of rotatable bonds is 1. The van der Waals surface area contributed by atoms with Gasteiger partial charge in [0.1, 0.15) is 0 Å². The molecule has 0 bridgehead atoms. The van der Waals surface area contributed by atoms with E-state index >= 15 is 0 Å². The minimum Gasteiger partial charge on any atom is -0.327 e. The molecule has 6 heteroatoms. The van der Waals surface area contributed by atoms with Crippen LogP contribution in [-0.4, -0.2) is 26.3 Å². The van der Waals surface area contributed by atoms with Gasteiger partial charge < -0.3 is 4.57 Å². The summed E-state index contributed by atoms with van der Waals surface area (Å²) in [5.41, 5.74) is 0.956. The van der Waals surface area contributed by atoms with E-state index in [1.165, 1.54) is 12.1 Å². The van der Waals surface area contributed by atoms with E-state index in [1.807, 2.05) is 6.92 Å². The predicted octanol–water partition coefficient (Wildman–Crippen LogP) is 2.05. The first kappa shape index (κ1) is 14.4. The molecule has 1 rings (SSSR count). The molecule has 0 aromatic heterocycles. The highest BCUT2D eigenvalue weighted by Gasteiger charge is 2.06. The van der Waals surface area contributed by atoms with Gasteiger partial charge in [0.05, 0.1) is 12.7 Å². The molecule has 0 radical (unpaired) electrons. The van der Waals surface area contributed by atoms with E-state index in [9.17, 15) is 13.0 Å². The van der Waals surface area contributed by atoms with Crippen LogP contribution in [-0.2, 0) is 14.7 Å². The van der Waals surface area contributed by atoms with Crippen molar-refractivity contribution in [1.29, 1.82) is 0 Å². The average Bonchev–Trinajstić information content (AvgIpc) is 2.01. The molecule has 0 aliphatic carbocycles. The summed E-state index contributed by atoms with van der Waals surface area (Å²) in [6.45, 7) is 5.27. The van der Waals surface area contributed by atoms with Gasteiger partial charge in [-0.25, -0.2) is 0 Å². The van der Waals surface area contributed by atoms with Crippen LogP contribution < -0.4 is 0 Å². The Labute approximate surface area is 90.9 Å². The highest BCUT2D eigenvalue weighted by molar-refractivity contribution is 7.85. The minimum absolute atomic E-state index is 0.0666. The van der Waals surface area contributed by atoms with Crippen molar-refractivity contribution in [2.24, 2.45) is 0 Å². The molecule has 0 heterocycles. The van der Waals surface area contributed by atoms with Gasteiger partial charge in [-0.05, 0) is 32.4 Å². The fraction of sp³-hybridized carbons (Fsp3) is 0.333. The van der Waals surface area contributed by atoms with E-state index in [2.05, 4.69) is 0 Å². The third-order valence-electron chi connectivity index (χ3n) is 1.32.